The predicted octanol–water partition coefficient (Wildman–Crippen LogP) is 2.40. The molecule has 0 amide bonds. The van der Waals surface area contributed by atoms with Crippen molar-refractivity contribution >= 4 is 21.8 Å². The molecule has 2 fully saturated rings. The van der Waals surface area contributed by atoms with E-state index in [1.165, 1.54) is 11.4 Å². The quantitative estimate of drug-likeness (QED) is 0.603. The Labute approximate surface area is 165 Å². The zero-order chi connectivity index (χ0) is 20.7. The number of nitrogens with zero attached hydrogens (tertiary/aromatic N) is 2. The lowest BCUT2D eigenvalue weighted by atomic mass is 9.70. The minimum atomic E-state index is -3.73. The van der Waals surface area contributed by atoms with Gasteiger partial charge in [-0.05, 0) is 30.6 Å². The first-order valence-electron chi connectivity index (χ1n) is 9.61. The van der Waals surface area contributed by atoms with Crippen LogP contribution in [0, 0.1) is 16.7 Å². The van der Waals surface area contributed by atoms with E-state index in [4.69, 9.17) is 4.42 Å². The fraction of sp³-hybridized carbons (Fsp3) is 0.737. The fourth-order valence-corrected chi connectivity index (χ4v) is 7.06. The summed E-state index contributed by atoms with van der Waals surface area (Å²) in [6.07, 6.45) is 3.75. The average molecular weight is 413 g/mol. The summed E-state index contributed by atoms with van der Waals surface area (Å²) >= 11 is 0. The van der Waals surface area contributed by atoms with Crippen LogP contribution in [0.2, 0.25) is 0 Å². The summed E-state index contributed by atoms with van der Waals surface area (Å²) in [5, 5.41) is 0. The number of fused-ring (bicyclic) bond motifs is 2. The molecule has 2 aliphatic rings. The normalized spacial score (nSPS) is 26.2. The highest BCUT2D eigenvalue weighted by Crippen LogP contribution is 2.64. The van der Waals surface area contributed by atoms with Gasteiger partial charge in [0, 0.05) is 18.4 Å². The summed E-state index contributed by atoms with van der Waals surface area (Å²) in [5.41, 5.74) is -1.15. The van der Waals surface area contributed by atoms with Gasteiger partial charge in [-0.2, -0.15) is 4.31 Å². The van der Waals surface area contributed by atoms with Gasteiger partial charge in [0.2, 0.25) is 15.9 Å². The number of rotatable bonds is 8. The molecule has 1 heterocycles. The van der Waals surface area contributed by atoms with Crippen LogP contribution in [0.5, 0.6) is 0 Å². The Hall–Kier alpha value is -1.74. The van der Waals surface area contributed by atoms with E-state index in [1.54, 1.807) is 0 Å². The van der Waals surface area contributed by atoms with E-state index in [1.807, 2.05) is 20.8 Å². The van der Waals surface area contributed by atoms with Crippen LogP contribution in [0.3, 0.4) is 0 Å². The molecule has 1 aromatic heterocycles. The Morgan fingerprint density at radius 3 is 2.68 bits per heavy atom. The molecule has 2 unspecified atom stereocenters. The van der Waals surface area contributed by atoms with Crippen LogP contribution in [0.15, 0.2) is 10.7 Å². The maximum Gasteiger partial charge on any atom is 0.360 e. The summed E-state index contributed by atoms with van der Waals surface area (Å²) in [6.45, 7) is 6.12. The number of esters is 1. The van der Waals surface area contributed by atoms with Crippen molar-refractivity contribution in [1.82, 2.24) is 9.29 Å². The second-order valence-corrected chi connectivity index (χ2v) is 10.3. The Kier molecular flexibility index (Phi) is 5.44. The Morgan fingerprint density at radius 1 is 1.43 bits per heavy atom. The van der Waals surface area contributed by atoms with Gasteiger partial charge in [-0.15, -0.1) is 0 Å². The van der Waals surface area contributed by atoms with E-state index >= 15 is 0 Å². The van der Waals surface area contributed by atoms with Crippen molar-refractivity contribution in [3.63, 3.8) is 0 Å². The number of aromatic nitrogens is 1. The Morgan fingerprint density at radius 2 is 2.14 bits per heavy atom. The molecule has 0 radical (unpaired) electrons. The SMILES string of the molecule is CCCN(Cc1nc(C(=O)OC)co1)S(=O)(=O)CC12CCC(CC1=O)C2(C)C. The van der Waals surface area contributed by atoms with E-state index in [9.17, 15) is 18.0 Å². The number of ketones is 1. The molecule has 3 rings (SSSR count). The fourth-order valence-electron chi connectivity index (χ4n) is 4.81. The summed E-state index contributed by atoms with van der Waals surface area (Å²) in [5.74, 6) is -0.389. The Bertz CT molecular complexity index is 875. The maximum atomic E-state index is 13.3. The highest BCUT2D eigenvalue weighted by atomic mass is 32.2. The number of oxazole rings is 1. The lowest BCUT2D eigenvalue weighted by Gasteiger charge is -2.37. The first kappa shape index (κ1) is 21.0. The molecule has 0 spiro atoms. The van der Waals surface area contributed by atoms with Gasteiger partial charge in [0.25, 0.3) is 0 Å². The van der Waals surface area contributed by atoms with E-state index in [0.717, 1.165) is 12.7 Å². The third-order valence-electron chi connectivity index (χ3n) is 6.69. The number of hydrogen-bond donors (Lipinski definition) is 0. The monoisotopic (exact) mass is 412 g/mol. The minimum Gasteiger partial charge on any atom is -0.464 e. The van der Waals surface area contributed by atoms with Gasteiger partial charge in [0.1, 0.15) is 12.0 Å². The molecule has 156 valence electrons. The Balaban J connectivity index is 1.84. The van der Waals surface area contributed by atoms with Crippen molar-refractivity contribution in [3.05, 3.63) is 17.8 Å². The molecule has 28 heavy (non-hydrogen) atoms. The number of ether oxygens (including phenoxy) is 1. The standard InChI is InChI=1S/C19H28N2O6S/c1-5-8-21(10-16-20-14(11-27-16)17(23)26-4)28(24,25)12-19-7-6-13(9-15(19)22)18(19,2)3/h11,13H,5-10,12H2,1-4H3. The maximum absolute atomic E-state index is 13.3. The highest BCUT2D eigenvalue weighted by molar-refractivity contribution is 7.89. The molecule has 2 aliphatic carbocycles. The zero-order valence-electron chi connectivity index (χ0n) is 16.9. The first-order valence-corrected chi connectivity index (χ1v) is 11.2. The number of carbonyl (C=O) groups is 2. The van der Waals surface area contributed by atoms with Gasteiger partial charge in [0.15, 0.2) is 5.69 Å². The number of methoxy groups -OCH3 is 1. The van der Waals surface area contributed by atoms with Crippen molar-refractivity contribution in [2.75, 3.05) is 19.4 Å². The molecule has 2 atom stereocenters. The van der Waals surface area contributed by atoms with Crippen LogP contribution in [0.4, 0.5) is 0 Å². The van der Waals surface area contributed by atoms with E-state index < -0.39 is 21.4 Å². The number of hydrogen-bond acceptors (Lipinski definition) is 7. The van der Waals surface area contributed by atoms with E-state index in [0.29, 0.717) is 19.3 Å². The molecule has 8 nitrogen and oxygen atoms in total. The van der Waals surface area contributed by atoms with Crippen LogP contribution in [-0.4, -0.2) is 48.9 Å². The molecule has 0 N–H and O–H groups in total. The van der Waals surface area contributed by atoms with Crippen molar-refractivity contribution in [3.8, 4) is 0 Å². The van der Waals surface area contributed by atoms with Crippen LogP contribution in [0.1, 0.15) is 62.8 Å². The van der Waals surface area contributed by atoms with Crippen molar-refractivity contribution in [1.29, 1.82) is 0 Å². The highest BCUT2D eigenvalue weighted by Gasteiger charge is 2.65. The van der Waals surface area contributed by atoms with Crippen LogP contribution < -0.4 is 0 Å². The second-order valence-electron chi connectivity index (χ2n) is 8.37. The second kappa shape index (κ2) is 7.26. The summed E-state index contributed by atoms with van der Waals surface area (Å²) in [4.78, 5) is 28.3. The molecule has 2 bridgehead atoms. The van der Waals surface area contributed by atoms with Crippen molar-refractivity contribution in [2.45, 2.75) is 53.0 Å². The molecule has 2 saturated carbocycles. The van der Waals surface area contributed by atoms with Crippen LogP contribution in [-0.2, 0) is 26.1 Å². The van der Waals surface area contributed by atoms with Crippen LogP contribution in [0.25, 0.3) is 0 Å². The summed E-state index contributed by atoms with van der Waals surface area (Å²) in [6, 6.07) is 0. The molecular formula is C19H28N2O6S. The third kappa shape index (κ3) is 3.28. The number of Topliss-reactive ketones (excluding diaryl/α,β-unsaturated/α-hetero) is 1. The average Bonchev–Trinajstić information content (AvgIpc) is 3.23. The van der Waals surface area contributed by atoms with Gasteiger partial charge in [-0.25, -0.2) is 18.2 Å². The van der Waals surface area contributed by atoms with Crippen molar-refractivity contribution < 1.29 is 27.2 Å². The zero-order valence-corrected chi connectivity index (χ0v) is 17.7. The van der Waals surface area contributed by atoms with Gasteiger partial charge in [-0.3, -0.25) is 4.79 Å². The molecule has 9 heteroatoms. The molecular weight excluding hydrogens is 384 g/mol. The predicted molar refractivity (Wildman–Crippen MR) is 101 cm³/mol. The first-order chi connectivity index (χ1) is 13.1. The van der Waals surface area contributed by atoms with Gasteiger partial charge < -0.3 is 9.15 Å². The molecule has 0 aliphatic heterocycles. The number of sulfonamides is 1. The third-order valence-corrected chi connectivity index (χ3v) is 8.65. The van der Waals surface area contributed by atoms with E-state index in [-0.39, 0.29) is 47.5 Å². The smallest absolute Gasteiger partial charge is 0.360 e. The van der Waals surface area contributed by atoms with E-state index in [2.05, 4.69) is 9.72 Å². The number of carbonyl (C=O) groups excluding carboxylic acids is 2. The molecule has 1 aromatic rings. The summed E-state index contributed by atoms with van der Waals surface area (Å²) < 4.78 is 37.8. The summed E-state index contributed by atoms with van der Waals surface area (Å²) in [7, 11) is -2.50. The lowest BCUT2D eigenvalue weighted by Crippen LogP contribution is -2.46. The lowest BCUT2D eigenvalue weighted by molar-refractivity contribution is -0.128. The van der Waals surface area contributed by atoms with Gasteiger partial charge >= 0.3 is 5.97 Å². The van der Waals surface area contributed by atoms with Gasteiger partial charge in [0.05, 0.1) is 19.4 Å². The van der Waals surface area contributed by atoms with Crippen molar-refractivity contribution in [2.24, 2.45) is 16.7 Å². The molecule has 0 saturated heterocycles. The molecule has 0 aromatic carbocycles. The minimum absolute atomic E-state index is 0.00400. The largest absolute Gasteiger partial charge is 0.464 e. The topological polar surface area (TPSA) is 107 Å². The van der Waals surface area contributed by atoms with Crippen LogP contribution >= 0.6 is 0 Å². The van der Waals surface area contributed by atoms with Gasteiger partial charge in [-0.1, -0.05) is 20.8 Å².